The van der Waals surface area contributed by atoms with Gasteiger partial charge in [0.05, 0.1) is 10.7 Å². The average molecular weight is 303 g/mol. The highest BCUT2D eigenvalue weighted by Gasteiger charge is 2.12. The minimum Gasteiger partial charge on any atom is -0.280 e. The van der Waals surface area contributed by atoms with Crippen LogP contribution in [0.3, 0.4) is 0 Å². The maximum atomic E-state index is 13.2. The van der Waals surface area contributed by atoms with Crippen LogP contribution in [0.1, 0.15) is 0 Å². The van der Waals surface area contributed by atoms with Gasteiger partial charge in [-0.1, -0.05) is 33.6 Å². The van der Waals surface area contributed by atoms with Crippen LogP contribution in [0.15, 0.2) is 18.2 Å². The molecule has 0 saturated heterocycles. The molecule has 14 heavy (non-hydrogen) atoms. The van der Waals surface area contributed by atoms with Gasteiger partial charge in [0.15, 0.2) is 5.82 Å². The molecule has 0 atom stereocenters. The van der Waals surface area contributed by atoms with Gasteiger partial charge in [-0.3, -0.25) is 4.72 Å². The van der Waals surface area contributed by atoms with Crippen LogP contribution in [-0.4, -0.2) is 13.1 Å². The van der Waals surface area contributed by atoms with E-state index in [2.05, 4.69) is 15.9 Å². The molecule has 3 nitrogen and oxygen atoms in total. The summed E-state index contributed by atoms with van der Waals surface area (Å²) in [4.78, 5) is 0. The van der Waals surface area contributed by atoms with E-state index in [0.717, 1.165) is 0 Å². The Labute approximate surface area is 94.4 Å². The van der Waals surface area contributed by atoms with E-state index in [1.165, 1.54) is 18.2 Å². The number of hydrogen-bond donors (Lipinski definition) is 1. The highest BCUT2D eigenvalue weighted by molar-refractivity contribution is 9.10. The lowest BCUT2D eigenvalue weighted by atomic mass is 10.3. The van der Waals surface area contributed by atoms with Crippen molar-refractivity contribution >= 4 is 43.2 Å². The molecular weight excluding hydrogens is 297 g/mol. The molecule has 1 aromatic rings. The molecule has 1 aromatic carbocycles. The van der Waals surface area contributed by atoms with Crippen molar-refractivity contribution in [1.29, 1.82) is 0 Å². The number of benzene rings is 1. The first-order chi connectivity index (χ1) is 6.46. The van der Waals surface area contributed by atoms with Gasteiger partial charge in [-0.25, -0.2) is 12.8 Å². The van der Waals surface area contributed by atoms with E-state index < -0.39 is 15.8 Å². The number of hydrogen-bond acceptors (Lipinski definition) is 2. The van der Waals surface area contributed by atoms with Gasteiger partial charge in [0.1, 0.15) is 4.66 Å². The van der Waals surface area contributed by atoms with Gasteiger partial charge in [0.25, 0.3) is 0 Å². The second-order valence-electron chi connectivity index (χ2n) is 2.43. The molecule has 0 amide bonds. The fourth-order valence-electron chi connectivity index (χ4n) is 0.777. The van der Waals surface area contributed by atoms with Crippen molar-refractivity contribution in [1.82, 2.24) is 0 Å². The molecule has 0 spiro atoms. The standard InChI is InChI=1S/C7H6BrClFNO2S/c8-4-14(12,13)11-6-3-1-2-5(9)7(6)10/h1-3,11H,4H2. The van der Waals surface area contributed by atoms with E-state index in [9.17, 15) is 12.8 Å². The first-order valence-electron chi connectivity index (χ1n) is 3.47. The minimum atomic E-state index is -3.54. The number of halogens is 3. The molecule has 7 heteroatoms. The Morgan fingerprint density at radius 3 is 2.71 bits per heavy atom. The average Bonchev–Trinajstić information content (AvgIpc) is 2.13. The second-order valence-corrected chi connectivity index (χ2v) is 5.86. The van der Waals surface area contributed by atoms with Crippen LogP contribution in [0, 0.1) is 5.82 Å². The summed E-state index contributed by atoms with van der Waals surface area (Å²) >= 11 is 8.23. The zero-order chi connectivity index (χ0) is 10.8. The molecule has 0 aliphatic carbocycles. The highest BCUT2D eigenvalue weighted by atomic mass is 79.9. The summed E-state index contributed by atoms with van der Waals surface area (Å²) in [6, 6.07) is 4.09. The minimum absolute atomic E-state index is 0.125. The smallest absolute Gasteiger partial charge is 0.242 e. The first kappa shape index (κ1) is 11.7. The Hall–Kier alpha value is -0.330. The largest absolute Gasteiger partial charge is 0.280 e. The van der Waals surface area contributed by atoms with Crippen molar-refractivity contribution in [2.24, 2.45) is 0 Å². The van der Waals surface area contributed by atoms with Gasteiger partial charge in [0, 0.05) is 0 Å². The lowest BCUT2D eigenvalue weighted by Gasteiger charge is -2.06. The molecule has 0 bridgehead atoms. The van der Waals surface area contributed by atoms with Gasteiger partial charge in [-0.15, -0.1) is 0 Å². The number of sulfonamides is 1. The number of alkyl halides is 1. The fourth-order valence-corrected chi connectivity index (χ4v) is 1.84. The maximum absolute atomic E-state index is 13.2. The van der Waals surface area contributed by atoms with Crippen molar-refractivity contribution in [2.75, 3.05) is 9.38 Å². The Morgan fingerprint density at radius 1 is 1.50 bits per heavy atom. The summed E-state index contributed by atoms with van der Waals surface area (Å²) in [5.74, 6) is -0.779. The van der Waals surface area contributed by atoms with Crippen molar-refractivity contribution < 1.29 is 12.8 Å². The highest BCUT2D eigenvalue weighted by Crippen LogP contribution is 2.22. The number of anilines is 1. The summed E-state index contributed by atoms with van der Waals surface area (Å²) in [5, 5.41) is -0.125. The van der Waals surface area contributed by atoms with Crippen molar-refractivity contribution in [3.63, 3.8) is 0 Å². The second kappa shape index (κ2) is 4.46. The van der Waals surface area contributed by atoms with Gasteiger partial charge in [0.2, 0.25) is 10.0 Å². The van der Waals surface area contributed by atoms with Crippen LogP contribution in [-0.2, 0) is 10.0 Å². The molecule has 0 radical (unpaired) electrons. The van der Waals surface area contributed by atoms with Crippen molar-refractivity contribution in [3.8, 4) is 0 Å². The van der Waals surface area contributed by atoms with E-state index in [1.54, 1.807) is 0 Å². The van der Waals surface area contributed by atoms with Crippen LogP contribution in [0.5, 0.6) is 0 Å². The zero-order valence-corrected chi connectivity index (χ0v) is 9.96. The van der Waals surface area contributed by atoms with Gasteiger partial charge in [-0.05, 0) is 12.1 Å². The summed E-state index contributed by atoms with van der Waals surface area (Å²) < 4.78 is 37.1. The molecule has 1 N–H and O–H groups in total. The molecule has 1 rings (SSSR count). The predicted molar refractivity (Wildman–Crippen MR) is 57.7 cm³/mol. The molecule has 0 aliphatic rings. The topological polar surface area (TPSA) is 46.2 Å². The lowest BCUT2D eigenvalue weighted by molar-refractivity contribution is 0.603. The molecule has 78 valence electrons. The Morgan fingerprint density at radius 2 is 2.14 bits per heavy atom. The number of rotatable bonds is 3. The van der Waals surface area contributed by atoms with Gasteiger partial charge >= 0.3 is 0 Å². The van der Waals surface area contributed by atoms with E-state index in [4.69, 9.17) is 11.6 Å². The normalized spacial score (nSPS) is 11.4. The molecule has 0 fully saturated rings. The zero-order valence-electron chi connectivity index (χ0n) is 6.80. The van der Waals surface area contributed by atoms with E-state index in [1.807, 2.05) is 4.72 Å². The molecule has 0 saturated carbocycles. The number of nitrogens with one attached hydrogen (secondary N) is 1. The lowest BCUT2D eigenvalue weighted by Crippen LogP contribution is -2.14. The van der Waals surface area contributed by atoms with Crippen LogP contribution >= 0.6 is 27.5 Å². The summed E-state index contributed by atoms with van der Waals surface area (Å²) in [6.45, 7) is 0. The SMILES string of the molecule is O=S(=O)(CBr)Nc1cccc(Cl)c1F. The Kier molecular flexibility index (Phi) is 3.74. The van der Waals surface area contributed by atoms with E-state index in [0.29, 0.717) is 0 Å². The third-order valence-corrected chi connectivity index (χ3v) is 4.28. The van der Waals surface area contributed by atoms with E-state index >= 15 is 0 Å². The summed E-state index contributed by atoms with van der Waals surface area (Å²) in [6.07, 6.45) is 0. The van der Waals surface area contributed by atoms with Gasteiger partial charge < -0.3 is 0 Å². The maximum Gasteiger partial charge on any atom is 0.242 e. The third-order valence-electron chi connectivity index (χ3n) is 1.36. The summed E-state index contributed by atoms with van der Waals surface area (Å²) in [7, 11) is -3.54. The molecule has 0 heterocycles. The van der Waals surface area contributed by atoms with Gasteiger partial charge in [-0.2, -0.15) is 0 Å². The quantitative estimate of drug-likeness (QED) is 0.872. The van der Waals surface area contributed by atoms with Crippen molar-refractivity contribution in [2.45, 2.75) is 0 Å². The predicted octanol–water partition coefficient (Wildman–Crippen LogP) is 2.57. The molecular formula is C7H6BrClFNO2S. The Balaban J connectivity index is 3.05. The first-order valence-corrected chi connectivity index (χ1v) is 6.62. The van der Waals surface area contributed by atoms with E-state index in [-0.39, 0.29) is 15.4 Å². The van der Waals surface area contributed by atoms with Crippen LogP contribution in [0.2, 0.25) is 5.02 Å². The van der Waals surface area contributed by atoms with Crippen LogP contribution in [0.25, 0.3) is 0 Å². The monoisotopic (exact) mass is 301 g/mol. The fraction of sp³-hybridized carbons (Fsp3) is 0.143. The summed E-state index contributed by atoms with van der Waals surface area (Å²) in [5.41, 5.74) is -0.156. The molecule has 0 unspecified atom stereocenters. The van der Waals surface area contributed by atoms with Crippen molar-refractivity contribution in [3.05, 3.63) is 29.0 Å². The molecule has 0 aliphatic heterocycles. The Bertz CT molecular complexity index is 437. The third kappa shape index (κ3) is 2.83. The molecule has 0 aromatic heterocycles. The van der Waals surface area contributed by atoms with Crippen LogP contribution in [0.4, 0.5) is 10.1 Å². The van der Waals surface area contributed by atoms with Crippen LogP contribution < -0.4 is 4.72 Å².